The van der Waals surface area contributed by atoms with Gasteiger partial charge in [0.15, 0.2) is 11.0 Å². The number of anilines is 2. The van der Waals surface area contributed by atoms with Crippen LogP contribution in [0.15, 0.2) is 75.9 Å². The molecule has 9 heteroatoms. The number of carbonyl (C=O) groups is 1. The number of nitrogens with zero attached hydrogens (tertiary/aromatic N) is 2. The zero-order valence-electron chi connectivity index (χ0n) is 18.4. The molecule has 2 aromatic heterocycles. The molecule has 1 N–H and O–H groups in total. The fourth-order valence-electron chi connectivity index (χ4n) is 4.21. The highest BCUT2D eigenvalue weighted by Gasteiger charge is 2.34. The third-order valence-corrected chi connectivity index (χ3v) is 5.90. The lowest BCUT2D eigenvalue weighted by atomic mass is 10.0. The van der Waals surface area contributed by atoms with Crippen molar-refractivity contribution >= 4 is 28.4 Å². The predicted octanol–water partition coefficient (Wildman–Crippen LogP) is 5.73. The number of benzene rings is 2. The molecule has 3 heterocycles. The Kier molecular flexibility index (Phi) is 5.76. The smallest absolute Gasteiger partial charge is 0.417 e. The van der Waals surface area contributed by atoms with Gasteiger partial charge in [0, 0.05) is 24.7 Å². The summed E-state index contributed by atoms with van der Waals surface area (Å²) in [7, 11) is 0. The molecule has 0 radical (unpaired) electrons. The van der Waals surface area contributed by atoms with Crippen LogP contribution >= 0.6 is 0 Å². The predicted molar refractivity (Wildman–Crippen MR) is 127 cm³/mol. The van der Waals surface area contributed by atoms with E-state index < -0.39 is 23.1 Å². The molecule has 1 amide bonds. The van der Waals surface area contributed by atoms with Gasteiger partial charge in [0.25, 0.3) is 5.91 Å². The van der Waals surface area contributed by atoms with Crippen molar-refractivity contribution in [1.82, 2.24) is 4.98 Å². The second-order valence-electron chi connectivity index (χ2n) is 8.23. The molecular weight excluding hydrogens is 459 g/mol. The number of pyridine rings is 1. The summed E-state index contributed by atoms with van der Waals surface area (Å²) in [6.45, 7) is 1.74. The number of hydrogen-bond acceptors (Lipinski definition) is 5. The summed E-state index contributed by atoms with van der Waals surface area (Å²) in [4.78, 5) is 32.3. The summed E-state index contributed by atoms with van der Waals surface area (Å²) in [6.07, 6.45) is -2.51. The Bertz CT molecular complexity index is 1470. The molecular formula is C26H20F3N3O3. The van der Waals surface area contributed by atoms with Gasteiger partial charge >= 0.3 is 6.18 Å². The summed E-state index contributed by atoms with van der Waals surface area (Å²) < 4.78 is 46.4. The van der Waals surface area contributed by atoms with Crippen LogP contribution in [0.1, 0.15) is 28.9 Å². The largest absolute Gasteiger partial charge is 0.454 e. The van der Waals surface area contributed by atoms with E-state index in [0.717, 1.165) is 38.1 Å². The second-order valence-corrected chi connectivity index (χ2v) is 8.23. The van der Waals surface area contributed by atoms with Gasteiger partial charge in [0.05, 0.1) is 16.6 Å². The van der Waals surface area contributed by atoms with Crippen molar-refractivity contribution in [2.75, 3.05) is 23.3 Å². The van der Waals surface area contributed by atoms with E-state index in [4.69, 9.17) is 4.42 Å². The highest BCUT2D eigenvalue weighted by molar-refractivity contribution is 6.07. The van der Waals surface area contributed by atoms with Crippen molar-refractivity contribution in [2.24, 2.45) is 0 Å². The van der Waals surface area contributed by atoms with Crippen LogP contribution in [0, 0.1) is 0 Å². The van der Waals surface area contributed by atoms with Gasteiger partial charge in [-0.05, 0) is 43.2 Å². The number of aromatic nitrogens is 1. The maximum Gasteiger partial charge on any atom is 0.417 e. The first-order valence-corrected chi connectivity index (χ1v) is 11.1. The molecule has 6 nitrogen and oxygen atoms in total. The quantitative estimate of drug-likeness (QED) is 0.405. The zero-order valence-corrected chi connectivity index (χ0v) is 18.4. The van der Waals surface area contributed by atoms with E-state index in [-0.39, 0.29) is 33.7 Å². The number of fused-ring (bicyclic) bond motifs is 1. The molecule has 0 aliphatic carbocycles. The van der Waals surface area contributed by atoms with Crippen molar-refractivity contribution in [2.45, 2.75) is 19.0 Å². The van der Waals surface area contributed by atoms with Crippen LogP contribution in [0.2, 0.25) is 0 Å². The first kappa shape index (κ1) is 22.6. The zero-order chi connectivity index (χ0) is 24.6. The first-order valence-electron chi connectivity index (χ1n) is 11.1. The molecule has 4 aromatic rings. The van der Waals surface area contributed by atoms with Gasteiger partial charge in [-0.15, -0.1) is 0 Å². The summed E-state index contributed by atoms with van der Waals surface area (Å²) in [5, 5.41) is 2.83. The minimum absolute atomic E-state index is 0.0176. The molecule has 2 aromatic carbocycles. The van der Waals surface area contributed by atoms with E-state index in [0.29, 0.717) is 5.82 Å². The van der Waals surface area contributed by atoms with Crippen LogP contribution in [0.5, 0.6) is 0 Å². The number of nitrogens with one attached hydrogen (secondary N) is 1. The molecule has 1 fully saturated rings. The van der Waals surface area contributed by atoms with Crippen LogP contribution in [0.25, 0.3) is 22.3 Å². The minimum atomic E-state index is -4.64. The van der Waals surface area contributed by atoms with E-state index >= 15 is 0 Å². The van der Waals surface area contributed by atoms with Crippen molar-refractivity contribution < 1.29 is 22.4 Å². The van der Waals surface area contributed by atoms with Crippen LogP contribution < -0.4 is 15.6 Å². The molecule has 35 heavy (non-hydrogen) atoms. The second kappa shape index (κ2) is 8.90. The van der Waals surface area contributed by atoms with Gasteiger partial charge in [-0.2, -0.15) is 13.2 Å². The van der Waals surface area contributed by atoms with Crippen molar-refractivity contribution in [1.29, 1.82) is 0 Å². The number of hydrogen-bond donors (Lipinski definition) is 1. The van der Waals surface area contributed by atoms with Gasteiger partial charge in [0.2, 0.25) is 0 Å². The Morgan fingerprint density at radius 1 is 0.971 bits per heavy atom. The van der Waals surface area contributed by atoms with Crippen LogP contribution in [-0.2, 0) is 6.18 Å². The Morgan fingerprint density at radius 3 is 2.49 bits per heavy atom. The van der Waals surface area contributed by atoms with Gasteiger partial charge in [-0.25, -0.2) is 4.98 Å². The summed E-state index contributed by atoms with van der Waals surface area (Å²) >= 11 is 0. The van der Waals surface area contributed by atoms with Gasteiger partial charge in [-0.1, -0.05) is 30.3 Å². The molecule has 0 atom stereocenters. The Labute approximate surface area is 198 Å². The SMILES string of the molecule is O=C(Nc1cccc2c(=O)cc(-c3ccccc3C(F)(F)F)oc12)c1cccc(N2CCCC2)n1. The number of amides is 1. The molecule has 0 bridgehead atoms. The maximum atomic E-state index is 13.5. The number of carbonyl (C=O) groups excluding carboxylic acids is 1. The van der Waals surface area contributed by atoms with Crippen molar-refractivity contribution in [3.63, 3.8) is 0 Å². The van der Waals surface area contributed by atoms with E-state index in [1.54, 1.807) is 18.2 Å². The summed E-state index contributed by atoms with van der Waals surface area (Å²) in [5.41, 5.74) is -1.40. The maximum absolute atomic E-state index is 13.5. The summed E-state index contributed by atoms with van der Waals surface area (Å²) in [5.74, 6) is -0.0702. The van der Waals surface area contributed by atoms with Crippen LogP contribution in [0.4, 0.5) is 24.7 Å². The topological polar surface area (TPSA) is 75.4 Å². The molecule has 1 aliphatic rings. The minimum Gasteiger partial charge on any atom is -0.454 e. The van der Waals surface area contributed by atoms with Crippen LogP contribution in [0.3, 0.4) is 0 Å². The molecule has 178 valence electrons. The van der Waals surface area contributed by atoms with Crippen molar-refractivity contribution in [3.8, 4) is 11.3 Å². The monoisotopic (exact) mass is 479 g/mol. The van der Waals surface area contributed by atoms with E-state index in [2.05, 4.69) is 15.2 Å². The lowest BCUT2D eigenvalue weighted by Crippen LogP contribution is -2.21. The molecule has 1 aliphatic heterocycles. The molecule has 5 rings (SSSR count). The van der Waals surface area contributed by atoms with E-state index in [9.17, 15) is 22.8 Å². The fraction of sp³-hybridized carbons (Fsp3) is 0.192. The average molecular weight is 479 g/mol. The fourth-order valence-corrected chi connectivity index (χ4v) is 4.21. The van der Waals surface area contributed by atoms with Gasteiger partial charge in [0.1, 0.15) is 17.3 Å². The van der Waals surface area contributed by atoms with Crippen LogP contribution in [-0.4, -0.2) is 24.0 Å². The Balaban J connectivity index is 1.54. The lowest BCUT2D eigenvalue weighted by Gasteiger charge is -2.17. The van der Waals surface area contributed by atoms with E-state index in [1.807, 2.05) is 6.07 Å². The Morgan fingerprint density at radius 2 is 1.71 bits per heavy atom. The highest BCUT2D eigenvalue weighted by Crippen LogP contribution is 2.37. The molecule has 1 saturated heterocycles. The van der Waals surface area contributed by atoms with Crippen molar-refractivity contribution in [3.05, 3.63) is 88.2 Å². The first-order chi connectivity index (χ1) is 16.8. The van der Waals surface area contributed by atoms with E-state index in [1.165, 1.54) is 30.3 Å². The normalized spacial score (nSPS) is 13.9. The number of halogens is 3. The Hall–Kier alpha value is -4.14. The standard InChI is InChI=1S/C26H20F3N3O3/c27-26(28,29)18-9-2-1-7-16(18)22-15-21(33)17-8-5-10-19(24(17)35-22)31-25(34)20-11-6-12-23(30-20)32-13-3-4-14-32/h1-2,5-12,15H,3-4,13-14H2,(H,31,34). The third kappa shape index (κ3) is 4.49. The molecule has 0 saturated carbocycles. The van der Waals surface area contributed by atoms with Gasteiger partial charge in [-0.3, -0.25) is 9.59 Å². The number of rotatable bonds is 4. The van der Waals surface area contributed by atoms with Gasteiger partial charge < -0.3 is 14.6 Å². The highest BCUT2D eigenvalue weighted by atomic mass is 19.4. The average Bonchev–Trinajstić information content (AvgIpc) is 3.39. The molecule has 0 unspecified atom stereocenters. The third-order valence-electron chi connectivity index (χ3n) is 5.90. The number of para-hydroxylation sites is 1. The molecule has 0 spiro atoms. The lowest BCUT2D eigenvalue weighted by molar-refractivity contribution is -0.137. The number of alkyl halides is 3. The summed E-state index contributed by atoms with van der Waals surface area (Å²) in [6, 6.07) is 15.6.